The minimum absolute atomic E-state index is 0.0902. The van der Waals surface area contributed by atoms with Crippen LogP contribution in [0.4, 0.5) is 0 Å². The van der Waals surface area contributed by atoms with Gasteiger partial charge in [-0.3, -0.25) is 0 Å². The zero-order valence-electron chi connectivity index (χ0n) is 21.3. The quantitative estimate of drug-likeness (QED) is 0.306. The van der Waals surface area contributed by atoms with Crippen molar-refractivity contribution in [3.05, 3.63) is 65.7 Å². The Morgan fingerprint density at radius 2 is 1.23 bits per heavy atom. The van der Waals surface area contributed by atoms with Gasteiger partial charge in [0.15, 0.2) is 23.0 Å². The number of sulfonamides is 2. The van der Waals surface area contributed by atoms with Crippen LogP contribution in [0, 0.1) is 0 Å². The Hall–Kier alpha value is -3.39. The number of thiazole rings is 1. The van der Waals surface area contributed by atoms with Crippen LogP contribution in [0.3, 0.4) is 0 Å². The van der Waals surface area contributed by atoms with Crippen LogP contribution >= 0.6 is 11.3 Å². The first-order valence-corrected chi connectivity index (χ1v) is 16.4. The summed E-state index contributed by atoms with van der Waals surface area (Å²) in [5, 5.41) is 0.619. The Bertz CT molecular complexity index is 1650. The number of nitrogens with zero attached hydrogens (tertiary/aromatic N) is 2. The maximum absolute atomic E-state index is 14.0. The van der Waals surface area contributed by atoms with E-state index < -0.39 is 20.0 Å². The highest BCUT2D eigenvalue weighted by Crippen LogP contribution is 2.37. The van der Waals surface area contributed by atoms with E-state index in [1.807, 2.05) is 24.3 Å². The topological polar surface area (TPSA) is 121 Å². The summed E-state index contributed by atoms with van der Waals surface area (Å²) >= 11 is 1.39. The fourth-order valence-electron chi connectivity index (χ4n) is 4.43. The molecule has 210 valence electrons. The number of aromatic nitrogens is 1. The predicted octanol–water partition coefficient (Wildman–Crippen LogP) is 4.24. The third kappa shape index (κ3) is 5.21. The molecule has 0 unspecified atom stereocenters. The fraction of sp³-hybridized carbons (Fsp3) is 0.296. The van der Waals surface area contributed by atoms with Crippen molar-refractivity contribution in [1.29, 1.82) is 0 Å². The van der Waals surface area contributed by atoms with Crippen LogP contribution in [-0.4, -0.2) is 58.5 Å². The number of hydrogen-bond acceptors (Lipinski definition) is 10. The summed E-state index contributed by atoms with van der Waals surface area (Å²) in [6, 6.07) is 15.8. The largest absolute Gasteiger partial charge is 0.490 e. The molecule has 40 heavy (non-hydrogen) atoms. The Morgan fingerprint density at radius 3 is 1.77 bits per heavy atom. The molecule has 0 radical (unpaired) electrons. The van der Waals surface area contributed by atoms with Crippen molar-refractivity contribution in [3.8, 4) is 23.0 Å². The summed E-state index contributed by atoms with van der Waals surface area (Å²) in [5.74, 6) is 1.31. The third-order valence-corrected chi connectivity index (χ3v) is 11.8. The summed E-state index contributed by atoms with van der Waals surface area (Å²) in [7, 11) is -9.13. The first-order chi connectivity index (χ1) is 19.3. The number of ether oxygens (including phenoxy) is 4. The van der Waals surface area contributed by atoms with E-state index in [2.05, 4.69) is 4.98 Å². The average molecular weight is 603 g/mol. The second-order valence-corrected chi connectivity index (χ2v) is 14.2. The number of benzene rings is 3. The van der Waals surface area contributed by atoms with Crippen LogP contribution < -0.4 is 18.9 Å². The van der Waals surface area contributed by atoms with Gasteiger partial charge < -0.3 is 18.9 Å². The highest BCUT2D eigenvalue weighted by Gasteiger charge is 2.38. The lowest BCUT2D eigenvalue weighted by atomic mass is 10.3. The van der Waals surface area contributed by atoms with Crippen LogP contribution in [0.1, 0.15) is 17.8 Å². The van der Waals surface area contributed by atoms with Gasteiger partial charge in [-0.25, -0.2) is 21.8 Å². The first kappa shape index (κ1) is 26.8. The maximum atomic E-state index is 14.0. The monoisotopic (exact) mass is 602 g/mol. The van der Waals surface area contributed by atoms with E-state index in [-0.39, 0.29) is 34.3 Å². The van der Waals surface area contributed by atoms with Crippen molar-refractivity contribution >= 4 is 41.6 Å². The molecule has 0 saturated carbocycles. The lowest BCUT2D eigenvalue weighted by molar-refractivity contribution is 0.296. The zero-order chi connectivity index (χ0) is 27.7. The fourth-order valence-corrected chi connectivity index (χ4v) is 9.06. The van der Waals surface area contributed by atoms with Gasteiger partial charge in [0.2, 0.25) is 0 Å². The molecule has 2 aliphatic heterocycles. The molecule has 2 aliphatic rings. The van der Waals surface area contributed by atoms with Gasteiger partial charge in [-0.2, -0.15) is 0 Å². The Morgan fingerprint density at radius 1 is 0.700 bits per heavy atom. The molecule has 13 heteroatoms. The predicted molar refractivity (Wildman–Crippen MR) is 148 cm³/mol. The minimum atomic E-state index is -4.57. The van der Waals surface area contributed by atoms with Gasteiger partial charge >= 0.3 is 0 Å². The molecule has 0 amide bonds. The molecule has 3 aromatic carbocycles. The van der Waals surface area contributed by atoms with E-state index in [0.717, 1.165) is 10.2 Å². The van der Waals surface area contributed by atoms with Gasteiger partial charge in [-0.15, -0.1) is 11.3 Å². The summed E-state index contributed by atoms with van der Waals surface area (Å²) in [5.41, 5.74) is 0.769. The molecule has 10 nitrogen and oxygen atoms in total. The van der Waals surface area contributed by atoms with E-state index in [9.17, 15) is 16.8 Å². The molecule has 0 spiro atoms. The van der Waals surface area contributed by atoms with Crippen molar-refractivity contribution < 1.29 is 35.8 Å². The second kappa shape index (κ2) is 10.9. The third-order valence-electron chi connectivity index (χ3n) is 6.42. The molecule has 3 heterocycles. The smallest absolute Gasteiger partial charge is 0.256 e. The highest BCUT2D eigenvalue weighted by atomic mass is 32.3. The van der Waals surface area contributed by atoms with Crippen molar-refractivity contribution in [3.63, 3.8) is 0 Å². The molecule has 6 rings (SSSR count). The van der Waals surface area contributed by atoms with Crippen molar-refractivity contribution in [1.82, 2.24) is 8.69 Å². The normalized spacial score (nSPS) is 15.5. The summed E-state index contributed by atoms with van der Waals surface area (Å²) in [4.78, 5) is 4.11. The van der Waals surface area contributed by atoms with Crippen LogP contribution in [0.25, 0.3) is 10.2 Å². The molecule has 0 N–H and O–H groups in total. The zero-order valence-corrected chi connectivity index (χ0v) is 23.8. The molecule has 0 aliphatic carbocycles. The van der Waals surface area contributed by atoms with E-state index in [0.29, 0.717) is 59.5 Å². The van der Waals surface area contributed by atoms with Crippen LogP contribution in [0.2, 0.25) is 0 Å². The molecule has 1 aromatic heterocycles. The van der Waals surface area contributed by atoms with E-state index >= 15 is 0 Å². The first-order valence-electron chi connectivity index (χ1n) is 12.7. The van der Waals surface area contributed by atoms with Gasteiger partial charge in [-0.1, -0.05) is 15.8 Å². The molecule has 0 fully saturated rings. The number of rotatable bonds is 7. The van der Waals surface area contributed by atoms with E-state index in [4.69, 9.17) is 18.9 Å². The molecule has 0 bridgehead atoms. The number of fused-ring (bicyclic) bond motifs is 3. The van der Waals surface area contributed by atoms with Crippen molar-refractivity contribution in [2.45, 2.75) is 29.1 Å². The Balaban J connectivity index is 1.40. The van der Waals surface area contributed by atoms with Crippen molar-refractivity contribution in [2.75, 3.05) is 33.0 Å². The molecule has 4 aromatic rings. The Labute approximate surface area is 236 Å². The Kier molecular flexibility index (Phi) is 7.29. The standard InChI is InChI=1S/C27H26N2O8S3/c30-39(31,19-7-9-22-24(17-19)36-15-3-13-34-22)29(12-11-27-28-21-5-1-2-6-26(21)38-27)40(32,33)20-8-10-23-25(18-20)37-16-4-14-35-23/h1-2,5-10,17-18H,3-4,11-16H2. The minimum Gasteiger partial charge on any atom is -0.490 e. The number of hydrogen-bond donors (Lipinski definition) is 0. The molecule has 0 atom stereocenters. The maximum Gasteiger partial charge on any atom is 0.256 e. The van der Waals surface area contributed by atoms with Gasteiger partial charge in [0.1, 0.15) is 0 Å². The van der Waals surface area contributed by atoms with Crippen LogP contribution in [0.5, 0.6) is 23.0 Å². The van der Waals surface area contributed by atoms with Gasteiger partial charge in [0.05, 0.1) is 51.4 Å². The second-order valence-electron chi connectivity index (χ2n) is 9.15. The van der Waals surface area contributed by atoms with E-state index in [1.54, 1.807) is 0 Å². The van der Waals surface area contributed by atoms with Gasteiger partial charge in [0.25, 0.3) is 20.0 Å². The number of para-hydroxylation sites is 1. The van der Waals surface area contributed by atoms with Crippen molar-refractivity contribution in [2.24, 2.45) is 0 Å². The molecular formula is C27H26N2O8S3. The average Bonchev–Trinajstić information content (AvgIpc) is 3.08. The summed E-state index contributed by atoms with van der Waals surface area (Å²) < 4.78 is 80.2. The molecule has 0 saturated heterocycles. The lowest BCUT2D eigenvalue weighted by Gasteiger charge is -2.23. The summed E-state index contributed by atoms with van der Waals surface area (Å²) in [6.07, 6.45) is 1.38. The summed E-state index contributed by atoms with van der Waals surface area (Å²) in [6.45, 7) is 1.23. The molecular weight excluding hydrogens is 577 g/mol. The van der Waals surface area contributed by atoms with Gasteiger partial charge in [-0.05, 0) is 36.4 Å². The van der Waals surface area contributed by atoms with Gasteiger partial charge in [0, 0.05) is 37.9 Å². The van der Waals surface area contributed by atoms with Crippen LogP contribution in [-0.2, 0) is 26.5 Å². The highest BCUT2D eigenvalue weighted by molar-refractivity contribution is 8.04. The van der Waals surface area contributed by atoms with Crippen LogP contribution in [0.15, 0.2) is 70.5 Å². The van der Waals surface area contributed by atoms with E-state index in [1.165, 1.54) is 47.7 Å². The lowest BCUT2D eigenvalue weighted by Crippen LogP contribution is -2.38. The SMILES string of the molecule is O=S(=O)(c1ccc2c(c1)OCCCO2)N(CCc1nc2ccccc2s1)S(=O)(=O)c1ccc2c(c1)OCCCO2.